The Morgan fingerprint density at radius 1 is 1.13 bits per heavy atom. The van der Waals surface area contributed by atoms with Crippen molar-refractivity contribution in [1.29, 1.82) is 0 Å². The highest BCUT2D eigenvalue weighted by atomic mass is 79.9. The first-order valence-electron chi connectivity index (χ1n) is 6.49. The molecule has 0 fully saturated rings. The molecule has 1 atom stereocenters. The van der Waals surface area contributed by atoms with Gasteiger partial charge in [0.1, 0.15) is 0 Å². The first-order valence-corrected chi connectivity index (χ1v) is 7.61. The molecular formula is C13H28BrN. The second-order valence-electron chi connectivity index (χ2n) is 4.55. The molecule has 0 aromatic heterocycles. The zero-order valence-electron chi connectivity index (χ0n) is 10.9. The lowest BCUT2D eigenvalue weighted by Gasteiger charge is -2.32. The maximum absolute atomic E-state index is 3.56. The van der Waals surface area contributed by atoms with Crippen LogP contribution in [-0.2, 0) is 0 Å². The molecule has 0 aliphatic rings. The quantitative estimate of drug-likeness (QED) is 0.568. The van der Waals surface area contributed by atoms with Crippen LogP contribution in [0, 0.1) is 5.92 Å². The third-order valence-electron chi connectivity index (χ3n) is 3.16. The van der Waals surface area contributed by atoms with Crippen molar-refractivity contribution in [1.82, 2.24) is 4.90 Å². The van der Waals surface area contributed by atoms with Crippen molar-refractivity contribution >= 4 is 15.9 Å². The molecule has 0 spiro atoms. The van der Waals surface area contributed by atoms with Crippen molar-refractivity contribution in [3.63, 3.8) is 0 Å². The van der Waals surface area contributed by atoms with Gasteiger partial charge in [0.15, 0.2) is 0 Å². The van der Waals surface area contributed by atoms with Gasteiger partial charge in [0.25, 0.3) is 0 Å². The lowest BCUT2D eigenvalue weighted by atomic mass is 10.0. The molecule has 0 rings (SSSR count). The summed E-state index contributed by atoms with van der Waals surface area (Å²) in [6.45, 7) is 11.7. The fourth-order valence-corrected chi connectivity index (χ4v) is 2.78. The van der Waals surface area contributed by atoms with Crippen molar-refractivity contribution in [2.75, 3.05) is 18.4 Å². The number of hydrogen-bond donors (Lipinski definition) is 0. The van der Waals surface area contributed by atoms with Gasteiger partial charge in [-0.25, -0.2) is 0 Å². The van der Waals surface area contributed by atoms with Crippen LogP contribution in [0.1, 0.15) is 53.4 Å². The SMILES string of the molecule is CCCC(C)CN(CCBr)C(CC)CC. The second kappa shape index (κ2) is 9.65. The van der Waals surface area contributed by atoms with Crippen molar-refractivity contribution < 1.29 is 0 Å². The first kappa shape index (κ1) is 15.4. The minimum absolute atomic E-state index is 0.779. The maximum Gasteiger partial charge on any atom is 0.0159 e. The number of nitrogens with zero attached hydrogens (tertiary/aromatic N) is 1. The van der Waals surface area contributed by atoms with Crippen LogP contribution in [0.2, 0.25) is 0 Å². The van der Waals surface area contributed by atoms with Crippen molar-refractivity contribution in [2.24, 2.45) is 5.92 Å². The largest absolute Gasteiger partial charge is 0.299 e. The Bertz CT molecular complexity index is 134. The first-order chi connectivity index (χ1) is 7.19. The molecule has 0 aromatic carbocycles. The number of halogens is 1. The predicted molar refractivity (Wildman–Crippen MR) is 73.8 cm³/mol. The number of alkyl halides is 1. The summed E-state index contributed by atoms with van der Waals surface area (Å²) in [6.07, 6.45) is 5.23. The summed E-state index contributed by atoms with van der Waals surface area (Å²) in [5.74, 6) is 0.842. The van der Waals surface area contributed by atoms with Crippen LogP contribution in [0.25, 0.3) is 0 Å². The summed E-state index contributed by atoms with van der Waals surface area (Å²) < 4.78 is 0. The Balaban J connectivity index is 4.11. The lowest BCUT2D eigenvalue weighted by molar-refractivity contribution is 0.169. The van der Waals surface area contributed by atoms with E-state index in [1.807, 2.05) is 0 Å². The van der Waals surface area contributed by atoms with Crippen LogP contribution < -0.4 is 0 Å². The van der Waals surface area contributed by atoms with Crippen LogP contribution in [0.5, 0.6) is 0 Å². The van der Waals surface area contributed by atoms with Gasteiger partial charge in [-0.3, -0.25) is 4.90 Å². The number of rotatable bonds is 9. The van der Waals surface area contributed by atoms with Crippen LogP contribution in [0.3, 0.4) is 0 Å². The molecule has 0 amide bonds. The number of hydrogen-bond acceptors (Lipinski definition) is 1. The topological polar surface area (TPSA) is 3.24 Å². The van der Waals surface area contributed by atoms with Crippen molar-refractivity contribution in [2.45, 2.75) is 59.4 Å². The molecule has 1 nitrogen and oxygen atoms in total. The normalized spacial score (nSPS) is 13.8. The second-order valence-corrected chi connectivity index (χ2v) is 5.34. The highest BCUT2D eigenvalue weighted by Crippen LogP contribution is 2.14. The minimum Gasteiger partial charge on any atom is -0.299 e. The highest BCUT2D eigenvalue weighted by molar-refractivity contribution is 9.09. The Kier molecular flexibility index (Phi) is 9.93. The van der Waals surface area contributed by atoms with Crippen LogP contribution >= 0.6 is 15.9 Å². The Morgan fingerprint density at radius 3 is 2.13 bits per heavy atom. The summed E-state index contributed by atoms with van der Waals surface area (Å²) in [4.78, 5) is 2.66. The molecule has 0 N–H and O–H groups in total. The van der Waals surface area contributed by atoms with E-state index in [1.165, 1.54) is 38.8 Å². The van der Waals surface area contributed by atoms with Crippen molar-refractivity contribution in [3.05, 3.63) is 0 Å². The Labute approximate surface area is 105 Å². The van der Waals surface area contributed by atoms with Gasteiger partial charge in [0.05, 0.1) is 0 Å². The van der Waals surface area contributed by atoms with E-state index in [9.17, 15) is 0 Å². The third kappa shape index (κ3) is 6.57. The molecule has 0 aliphatic carbocycles. The zero-order chi connectivity index (χ0) is 11.7. The maximum atomic E-state index is 3.56. The lowest BCUT2D eigenvalue weighted by Crippen LogP contribution is -2.39. The van der Waals surface area contributed by atoms with Crippen LogP contribution in [0.15, 0.2) is 0 Å². The van der Waals surface area contributed by atoms with E-state index in [1.54, 1.807) is 0 Å². The molecule has 0 aromatic rings. The fourth-order valence-electron chi connectivity index (χ4n) is 2.32. The molecule has 2 heteroatoms. The average molecular weight is 278 g/mol. The molecular weight excluding hydrogens is 250 g/mol. The zero-order valence-corrected chi connectivity index (χ0v) is 12.5. The minimum atomic E-state index is 0.779. The highest BCUT2D eigenvalue weighted by Gasteiger charge is 2.16. The molecule has 0 heterocycles. The molecule has 0 bridgehead atoms. The summed E-state index contributed by atoms with van der Waals surface area (Å²) in [6, 6.07) is 0.779. The predicted octanol–water partition coefficient (Wildman–Crippen LogP) is 4.31. The van der Waals surface area contributed by atoms with E-state index < -0.39 is 0 Å². The third-order valence-corrected chi connectivity index (χ3v) is 3.51. The van der Waals surface area contributed by atoms with E-state index in [2.05, 4.69) is 48.5 Å². The average Bonchev–Trinajstić information content (AvgIpc) is 2.20. The van der Waals surface area contributed by atoms with E-state index in [-0.39, 0.29) is 0 Å². The summed E-state index contributed by atoms with van der Waals surface area (Å²) >= 11 is 3.56. The smallest absolute Gasteiger partial charge is 0.0159 e. The molecule has 92 valence electrons. The van der Waals surface area contributed by atoms with Gasteiger partial charge >= 0.3 is 0 Å². The Hall–Kier alpha value is 0.440. The summed E-state index contributed by atoms with van der Waals surface area (Å²) in [5.41, 5.74) is 0. The summed E-state index contributed by atoms with van der Waals surface area (Å²) in [5, 5.41) is 1.10. The van der Waals surface area contributed by atoms with E-state index in [0.29, 0.717) is 0 Å². The van der Waals surface area contributed by atoms with Gasteiger partial charge in [0, 0.05) is 24.5 Å². The van der Waals surface area contributed by atoms with Gasteiger partial charge in [-0.15, -0.1) is 0 Å². The van der Waals surface area contributed by atoms with Gasteiger partial charge in [-0.05, 0) is 25.2 Å². The van der Waals surface area contributed by atoms with Gasteiger partial charge in [-0.2, -0.15) is 0 Å². The van der Waals surface area contributed by atoms with Gasteiger partial charge in [-0.1, -0.05) is 50.0 Å². The van der Waals surface area contributed by atoms with E-state index in [4.69, 9.17) is 0 Å². The standard InChI is InChI=1S/C13H28BrN/c1-5-8-12(4)11-15(10-9-14)13(6-2)7-3/h12-13H,5-11H2,1-4H3. The van der Waals surface area contributed by atoms with E-state index in [0.717, 1.165) is 17.3 Å². The van der Waals surface area contributed by atoms with E-state index >= 15 is 0 Å². The molecule has 1 unspecified atom stereocenters. The molecule has 0 saturated carbocycles. The molecule has 0 aliphatic heterocycles. The van der Waals surface area contributed by atoms with Crippen LogP contribution in [0.4, 0.5) is 0 Å². The molecule has 15 heavy (non-hydrogen) atoms. The molecule has 0 saturated heterocycles. The van der Waals surface area contributed by atoms with Gasteiger partial charge < -0.3 is 0 Å². The van der Waals surface area contributed by atoms with Crippen LogP contribution in [-0.4, -0.2) is 29.4 Å². The molecule has 0 radical (unpaired) electrons. The summed E-state index contributed by atoms with van der Waals surface area (Å²) in [7, 11) is 0. The fraction of sp³-hybridized carbons (Fsp3) is 1.00. The Morgan fingerprint density at radius 2 is 1.73 bits per heavy atom. The van der Waals surface area contributed by atoms with Gasteiger partial charge in [0.2, 0.25) is 0 Å². The monoisotopic (exact) mass is 277 g/mol. The van der Waals surface area contributed by atoms with Crippen molar-refractivity contribution in [3.8, 4) is 0 Å².